The fourth-order valence-corrected chi connectivity index (χ4v) is 7.31. The molecule has 2 aromatic rings. The summed E-state index contributed by atoms with van der Waals surface area (Å²) in [6.07, 6.45) is 8.67. The van der Waals surface area contributed by atoms with Crippen LogP contribution < -0.4 is 5.30 Å². The van der Waals surface area contributed by atoms with Crippen LogP contribution in [0.1, 0.15) is 45.2 Å². The van der Waals surface area contributed by atoms with Crippen molar-refractivity contribution in [3.05, 3.63) is 59.2 Å². The minimum Gasteiger partial charge on any atom is -0.0655 e. The number of hydrogen-bond acceptors (Lipinski definition) is 0. The molecule has 0 radical (unpaired) electrons. The van der Waals surface area contributed by atoms with E-state index < -0.39 is 7.26 Å². The van der Waals surface area contributed by atoms with Crippen LogP contribution in [0.5, 0.6) is 0 Å². The van der Waals surface area contributed by atoms with Crippen molar-refractivity contribution in [2.45, 2.75) is 40.5 Å². The molecule has 0 unspecified atom stereocenters. The second-order valence-electron chi connectivity index (χ2n) is 6.85. The highest BCUT2D eigenvalue weighted by atomic mass is 31.2. The maximum atomic E-state index is 2.42. The van der Waals surface area contributed by atoms with Crippen LogP contribution in [0.15, 0.2) is 48.0 Å². The predicted molar refractivity (Wildman–Crippen MR) is 112 cm³/mol. The maximum Gasteiger partial charge on any atom is 0.0939 e. The Morgan fingerprint density at radius 1 is 0.833 bits per heavy atom. The van der Waals surface area contributed by atoms with E-state index in [-0.39, 0.29) is 0 Å². The van der Waals surface area contributed by atoms with Crippen LogP contribution in [0, 0.1) is 0 Å². The third-order valence-electron chi connectivity index (χ3n) is 5.96. The quantitative estimate of drug-likeness (QED) is 0.535. The fourth-order valence-electron chi connectivity index (χ4n) is 4.09. The second kappa shape index (κ2) is 7.24. The summed E-state index contributed by atoms with van der Waals surface area (Å²) in [6, 6.07) is 16.3. The van der Waals surface area contributed by atoms with E-state index in [1.54, 1.807) is 10.9 Å². The Kier molecular flexibility index (Phi) is 5.26. The molecule has 0 saturated heterocycles. The van der Waals surface area contributed by atoms with Gasteiger partial charge in [-0.3, -0.25) is 0 Å². The summed E-state index contributed by atoms with van der Waals surface area (Å²) in [6.45, 7) is 9.37. The Morgan fingerprint density at radius 3 is 2.08 bits per heavy atom. The highest BCUT2D eigenvalue weighted by Gasteiger charge is 2.33. The van der Waals surface area contributed by atoms with E-state index in [2.05, 4.69) is 76.2 Å². The zero-order valence-electron chi connectivity index (χ0n) is 15.6. The van der Waals surface area contributed by atoms with Gasteiger partial charge in [0.1, 0.15) is 0 Å². The Labute approximate surface area is 148 Å². The molecule has 0 atom stereocenters. The van der Waals surface area contributed by atoms with Crippen molar-refractivity contribution < 1.29 is 0 Å². The number of allylic oxidation sites excluding steroid dienone is 1. The summed E-state index contributed by atoms with van der Waals surface area (Å²) in [5, 5.41) is 1.61. The van der Waals surface area contributed by atoms with Crippen molar-refractivity contribution in [1.29, 1.82) is 0 Å². The first-order valence-corrected chi connectivity index (χ1v) is 11.8. The normalized spacial score (nSPS) is 13.8. The molecule has 0 N–H and O–H groups in total. The van der Waals surface area contributed by atoms with Crippen LogP contribution in [0.3, 0.4) is 0 Å². The molecule has 2 aromatic carbocycles. The molecule has 24 heavy (non-hydrogen) atoms. The van der Waals surface area contributed by atoms with Crippen molar-refractivity contribution >= 4 is 18.6 Å². The molecule has 1 aliphatic carbocycles. The van der Waals surface area contributed by atoms with Crippen molar-refractivity contribution in [2.75, 3.05) is 18.5 Å². The van der Waals surface area contributed by atoms with Gasteiger partial charge in [-0.05, 0) is 68.0 Å². The van der Waals surface area contributed by atoms with E-state index in [4.69, 9.17) is 0 Å². The molecule has 0 fully saturated rings. The van der Waals surface area contributed by atoms with Gasteiger partial charge in [0.25, 0.3) is 0 Å². The van der Waals surface area contributed by atoms with Crippen LogP contribution in [0.2, 0.25) is 0 Å². The SMILES string of the molecule is CCC1=Cc2c(cccc2-c2ccc([P+](CC)(CC)CC)cc2)C1. The van der Waals surface area contributed by atoms with Gasteiger partial charge in [-0.25, -0.2) is 0 Å². The lowest BCUT2D eigenvalue weighted by Crippen LogP contribution is -2.17. The second-order valence-corrected chi connectivity index (χ2v) is 11.6. The largest absolute Gasteiger partial charge is 0.0939 e. The van der Waals surface area contributed by atoms with Crippen molar-refractivity contribution in [3.8, 4) is 11.1 Å². The van der Waals surface area contributed by atoms with E-state index in [1.165, 1.54) is 40.7 Å². The molecule has 3 rings (SSSR count). The van der Waals surface area contributed by atoms with E-state index in [9.17, 15) is 0 Å². The average molecular weight is 337 g/mol. The molecule has 0 aliphatic heterocycles. The van der Waals surface area contributed by atoms with E-state index >= 15 is 0 Å². The average Bonchev–Trinajstić information content (AvgIpc) is 3.07. The molecule has 0 nitrogen and oxygen atoms in total. The number of rotatable bonds is 6. The number of benzene rings is 2. The zero-order valence-corrected chi connectivity index (χ0v) is 16.5. The lowest BCUT2D eigenvalue weighted by atomic mass is 9.97. The molecule has 126 valence electrons. The Hall–Kier alpha value is -1.39. The Bertz CT molecular complexity index is 725. The van der Waals surface area contributed by atoms with E-state index in [0.29, 0.717) is 0 Å². The van der Waals surface area contributed by atoms with Gasteiger partial charge >= 0.3 is 0 Å². The topological polar surface area (TPSA) is 0 Å². The van der Waals surface area contributed by atoms with E-state index in [1.807, 2.05) is 0 Å². The minimum absolute atomic E-state index is 0.945. The molecule has 0 saturated carbocycles. The monoisotopic (exact) mass is 337 g/mol. The minimum atomic E-state index is -0.945. The highest BCUT2D eigenvalue weighted by Crippen LogP contribution is 2.56. The summed E-state index contributed by atoms with van der Waals surface area (Å²) in [4.78, 5) is 0. The summed E-state index contributed by atoms with van der Waals surface area (Å²) >= 11 is 0. The summed E-state index contributed by atoms with van der Waals surface area (Å²) < 4.78 is 0. The third-order valence-corrected chi connectivity index (χ3v) is 11.0. The van der Waals surface area contributed by atoms with Gasteiger partial charge < -0.3 is 0 Å². The van der Waals surface area contributed by atoms with Crippen LogP contribution in [0.25, 0.3) is 17.2 Å². The Balaban J connectivity index is 1.99. The molecule has 0 heterocycles. The summed E-state index contributed by atoms with van der Waals surface area (Å²) in [5.74, 6) is 0. The van der Waals surface area contributed by atoms with Gasteiger partial charge in [-0.1, -0.05) is 48.9 Å². The van der Waals surface area contributed by atoms with Gasteiger partial charge in [-0.15, -0.1) is 0 Å². The zero-order chi connectivity index (χ0) is 17.2. The smallest absolute Gasteiger partial charge is 0.0655 e. The molecule has 0 spiro atoms. The standard InChI is InChI=1S/C23H30P/c1-5-18-16-20-10-9-11-22(23(20)17-18)19-12-14-21(15-13-19)24(6-2,7-3)8-4/h9-15,17H,5-8,16H2,1-4H3/q+1. The van der Waals surface area contributed by atoms with Gasteiger partial charge in [0.05, 0.1) is 23.8 Å². The predicted octanol–water partition coefficient (Wildman–Crippen LogP) is 6.41. The lowest BCUT2D eigenvalue weighted by Gasteiger charge is -2.23. The van der Waals surface area contributed by atoms with Crippen molar-refractivity contribution in [1.82, 2.24) is 0 Å². The first kappa shape index (κ1) is 17.4. The summed E-state index contributed by atoms with van der Waals surface area (Å²) in [7, 11) is -0.945. The van der Waals surface area contributed by atoms with Crippen LogP contribution >= 0.6 is 7.26 Å². The molecule has 0 bridgehead atoms. The number of hydrogen-bond donors (Lipinski definition) is 0. The van der Waals surface area contributed by atoms with Gasteiger partial charge in [0.15, 0.2) is 0 Å². The first-order chi connectivity index (χ1) is 11.7. The molecular formula is C23H30P+. The molecule has 0 amide bonds. The molecule has 0 aromatic heterocycles. The van der Waals surface area contributed by atoms with Gasteiger partial charge in [-0.2, -0.15) is 0 Å². The van der Waals surface area contributed by atoms with E-state index in [0.717, 1.165) is 12.8 Å². The fraction of sp³-hybridized carbons (Fsp3) is 0.391. The van der Waals surface area contributed by atoms with Crippen LogP contribution in [-0.2, 0) is 6.42 Å². The number of fused-ring (bicyclic) bond motifs is 1. The lowest BCUT2D eigenvalue weighted by molar-refractivity contribution is 1.04. The van der Waals surface area contributed by atoms with Crippen LogP contribution in [-0.4, -0.2) is 18.5 Å². The molecule has 1 aliphatic rings. The van der Waals surface area contributed by atoms with Crippen molar-refractivity contribution in [2.24, 2.45) is 0 Å². The van der Waals surface area contributed by atoms with Crippen LogP contribution in [0.4, 0.5) is 0 Å². The van der Waals surface area contributed by atoms with Crippen molar-refractivity contribution in [3.63, 3.8) is 0 Å². The third kappa shape index (κ3) is 2.98. The highest BCUT2D eigenvalue weighted by molar-refractivity contribution is 7.82. The molecular weight excluding hydrogens is 307 g/mol. The maximum absolute atomic E-state index is 2.42. The first-order valence-electron chi connectivity index (χ1n) is 9.45. The summed E-state index contributed by atoms with van der Waals surface area (Å²) in [5.41, 5.74) is 7.26. The Morgan fingerprint density at radius 2 is 1.50 bits per heavy atom. The van der Waals surface area contributed by atoms with Gasteiger partial charge in [0.2, 0.25) is 0 Å². The van der Waals surface area contributed by atoms with Gasteiger partial charge in [0, 0.05) is 7.26 Å². The molecule has 1 heteroatoms.